The number of carbonyl (C=O) groups excluding carboxylic acids is 2. The summed E-state index contributed by atoms with van der Waals surface area (Å²) in [6, 6.07) is 10.7. The van der Waals surface area contributed by atoms with Crippen molar-refractivity contribution in [3.63, 3.8) is 0 Å². The van der Waals surface area contributed by atoms with E-state index in [2.05, 4.69) is 10.3 Å². The lowest BCUT2D eigenvalue weighted by Crippen LogP contribution is -2.23. The molecule has 37 heavy (non-hydrogen) atoms. The number of aryl methyl sites for hydroxylation is 2. The first-order chi connectivity index (χ1) is 17.8. The van der Waals surface area contributed by atoms with Crippen LogP contribution in [0.5, 0.6) is 11.5 Å². The zero-order chi connectivity index (χ0) is 26.5. The largest absolute Gasteiger partial charge is 0.497 e. The van der Waals surface area contributed by atoms with E-state index in [0.29, 0.717) is 33.1 Å². The van der Waals surface area contributed by atoms with Gasteiger partial charge in [0.05, 0.1) is 31.2 Å². The smallest absolute Gasteiger partial charge is 0.311 e. The van der Waals surface area contributed by atoms with Crippen molar-refractivity contribution in [2.45, 2.75) is 27.2 Å². The molecule has 0 bridgehead atoms. The summed E-state index contributed by atoms with van der Waals surface area (Å²) in [5.74, 6) is -0.122. The van der Waals surface area contributed by atoms with E-state index in [1.807, 2.05) is 19.9 Å². The quantitative estimate of drug-likeness (QED) is 0.315. The maximum atomic E-state index is 13.5. The third-order valence-electron chi connectivity index (χ3n) is 5.42. The standard InChI is InChI=1S/C27H26N2O7S/c1-5-34-22(31)12-18-14-37-27(28-18)29-21(30)13-35-26-24(32)23-16(3)10-15(2)11-20(23)36-25(26)17-6-8-19(33-4)9-7-17/h6-11,14H,5,12-13H2,1-4H3,(H,28,29,30). The van der Waals surface area contributed by atoms with Gasteiger partial charge in [-0.3, -0.25) is 19.7 Å². The van der Waals surface area contributed by atoms with Crippen molar-refractivity contribution in [3.8, 4) is 22.8 Å². The Morgan fingerprint density at radius 1 is 1.14 bits per heavy atom. The van der Waals surface area contributed by atoms with Crippen LogP contribution >= 0.6 is 11.3 Å². The number of hydrogen-bond donors (Lipinski definition) is 1. The van der Waals surface area contributed by atoms with Gasteiger partial charge in [-0.1, -0.05) is 6.07 Å². The highest BCUT2D eigenvalue weighted by atomic mass is 32.1. The highest BCUT2D eigenvalue weighted by Crippen LogP contribution is 2.33. The second-order valence-corrected chi connectivity index (χ2v) is 9.09. The Labute approximate surface area is 217 Å². The monoisotopic (exact) mass is 522 g/mol. The number of fused-ring (bicyclic) bond motifs is 1. The second-order valence-electron chi connectivity index (χ2n) is 8.24. The van der Waals surface area contributed by atoms with Crippen LogP contribution in [-0.4, -0.2) is 37.2 Å². The Morgan fingerprint density at radius 3 is 2.59 bits per heavy atom. The molecular formula is C27H26N2O7S. The molecule has 4 rings (SSSR count). The van der Waals surface area contributed by atoms with E-state index in [9.17, 15) is 14.4 Å². The normalized spacial score (nSPS) is 10.8. The molecule has 1 amide bonds. The van der Waals surface area contributed by atoms with Crippen molar-refractivity contribution in [2.24, 2.45) is 0 Å². The number of aromatic nitrogens is 1. The van der Waals surface area contributed by atoms with Gasteiger partial charge in [0.1, 0.15) is 11.3 Å². The number of thiazole rings is 1. The van der Waals surface area contributed by atoms with Gasteiger partial charge >= 0.3 is 5.97 Å². The predicted octanol–water partition coefficient (Wildman–Crippen LogP) is 4.67. The molecule has 0 spiro atoms. The van der Waals surface area contributed by atoms with Gasteiger partial charge in [0, 0.05) is 10.9 Å². The Balaban J connectivity index is 1.60. The van der Waals surface area contributed by atoms with E-state index in [1.54, 1.807) is 49.7 Å². The number of esters is 1. The third kappa shape index (κ3) is 5.97. The molecule has 2 aromatic carbocycles. The van der Waals surface area contributed by atoms with Crippen molar-refractivity contribution >= 4 is 39.3 Å². The lowest BCUT2D eigenvalue weighted by molar-refractivity contribution is -0.142. The summed E-state index contributed by atoms with van der Waals surface area (Å²) in [4.78, 5) is 42.0. The first-order valence-corrected chi connectivity index (χ1v) is 12.4. The SMILES string of the molecule is CCOC(=O)Cc1csc(NC(=O)COc2c(-c3ccc(OC)cc3)oc3cc(C)cc(C)c3c2=O)n1. The first kappa shape index (κ1) is 25.9. The van der Waals surface area contributed by atoms with Crippen molar-refractivity contribution < 1.29 is 28.2 Å². The molecule has 0 unspecified atom stereocenters. The number of anilines is 1. The van der Waals surface area contributed by atoms with Crippen LogP contribution in [0, 0.1) is 13.8 Å². The van der Waals surface area contributed by atoms with Crippen LogP contribution in [0.25, 0.3) is 22.3 Å². The summed E-state index contributed by atoms with van der Waals surface area (Å²) >= 11 is 1.17. The van der Waals surface area contributed by atoms with Crippen LogP contribution in [-0.2, 0) is 20.7 Å². The van der Waals surface area contributed by atoms with Crippen LogP contribution in [0.3, 0.4) is 0 Å². The summed E-state index contributed by atoms with van der Waals surface area (Å²) in [7, 11) is 1.56. The van der Waals surface area contributed by atoms with Crippen molar-refractivity contribution in [1.82, 2.24) is 4.98 Å². The molecule has 9 nitrogen and oxygen atoms in total. The van der Waals surface area contributed by atoms with Gasteiger partial charge in [0.2, 0.25) is 11.2 Å². The summed E-state index contributed by atoms with van der Waals surface area (Å²) in [6.45, 7) is 5.31. The fourth-order valence-electron chi connectivity index (χ4n) is 3.84. The van der Waals surface area contributed by atoms with Crippen LogP contribution in [0.2, 0.25) is 0 Å². The Kier molecular flexibility index (Phi) is 7.88. The summed E-state index contributed by atoms with van der Waals surface area (Å²) in [5, 5.41) is 4.99. The molecule has 0 aliphatic heterocycles. The number of hydrogen-bond acceptors (Lipinski definition) is 9. The van der Waals surface area contributed by atoms with Crippen LogP contribution in [0.15, 0.2) is 51.0 Å². The van der Waals surface area contributed by atoms with E-state index in [-0.39, 0.29) is 30.0 Å². The Morgan fingerprint density at radius 2 is 1.89 bits per heavy atom. The van der Waals surface area contributed by atoms with Crippen molar-refractivity contribution in [3.05, 3.63) is 68.8 Å². The number of carbonyl (C=O) groups is 2. The van der Waals surface area contributed by atoms with Gasteiger partial charge in [-0.25, -0.2) is 4.98 Å². The molecule has 1 N–H and O–H groups in total. The van der Waals surface area contributed by atoms with Crippen LogP contribution in [0.1, 0.15) is 23.7 Å². The summed E-state index contributed by atoms with van der Waals surface area (Å²) < 4.78 is 22.1. The van der Waals surface area contributed by atoms with E-state index in [4.69, 9.17) is 18.6 Å². The minimum absolute atomic E-state index is 0.0128. The Bertz CT molecular complexity index is 1510. The molecule has 0 aliphatic rings. The predicted molar refractivity (Wildman–Crippen MR) is 141 cm³/mol. The number of nitrogens with zero attached hydrogens (tertiary/aromatic N) is 1. The van der Waals surface area contributed by atoms with E-state index >= 15 is 0 Å². The fourth-order valence-corrected chi connectivity index (χ4v) is 4.56. The number of nitrogens with one attached hydrogen (secondary N) is 1. The minimum Gasteiger partial charge on any atom is -0.497 e. The Hall–Kier alpha value is -4.18. The highest BCUT2D eigenvalue weighted by Gasteiger charge is 2.21. The van der Waals surface area contributed by atoms with E-state index in [1.165, 1.54) is 11.3 Å². The molecule has 0 fully saturated rings. The minimum atomic E-state index is -0.516. The third-order valence-corrected chi connectivity index (χ3v) is 6.23. The molecular weight excluding hydrogens is 496 g/mol. The number of methoxy groups -OCH3 is 1. The first-order valence-electron chi connectivity index (χ1n) is 11.5. The molecule has 2 heterocycles. The molecule has 0 saturated heterocycles. The lowest BCUT2D eigenvalue weighted by atomic mass is 10.0. The molecule has 4 aromatic rings. The zero-order valence-electron chi connectivity index (χ0n) is 20.9. The number of amides is 1. The summed E-state index contributed by atoms with van der Waals surface area (Å²) in [5.41, 5.74) is 2.84. The lowest BCUT2D eigenvalue weighted by Gasteiger charge is -2.13. The van der Waals surface area contributed by atoms with Crippen molar-refractivity contribution in [2.75, 3.05) is 25.6 Å². The zero-order valence-corrected chi connectivity index (χ0v) is 21.7. The van der Waals surface area contributed by atoms with Gasteiger partial charge in [0.15, 0.2) is 17.5 Å². The fraction of sp³-hybridized carbons (Fsp3) is 0.259. The summed E-state index contributed by atoms with van der Waals surface area (Å²) in [6.07, 6.45) is 0.0128. The molecule has 0 aliphatic carbocycles. The average molecular weight is 523 g/mol. The van der Waals surface area contributed by atoms with E-state index in [0.717, 1.165) is 11.1 Å². The van der Waals surface area contributed by atoms with Crippen LogP contribution < -0.4 is 20.2 Å². The molecule has 192 valence electrons. The van der Waals surface area contributed by atoms with Gasteiger partial charge < -0.3 is 18.6 Å². The van der Waals surface area contributed by atoms with Gasteiger partial charge in [-0.2, -0.15) is 0 Å². The number of benzene rings is 2. The maximum Gasteiger partial charge on any atom is 0.311 e. The van der Waals surface area contributed by atoms with Gasteiger partial charge in [-0.05, 0) is 62.2 Å². The molecule has 0 saturated carbocycles. The van der Waals surface area contributed by atoms with Crippen molar-refractivity contribution in [1.29, 1.82) is 0 Å². The topological polar surface area (TPSA) is 117 Å². The average Bonchev–Trinajstić information content (AvgIpc) is 3.29. The number of rotatable bonds is 9. The second kappa shape index (κ2) is 11.3. The maximum absolute atomic E-state index is 13.5. The molecule has 10 heteroatoms. The molecule has 0 radical (unpaired) electrons. The van der Waals surface area contributed by atoms with Gasteiger partial charge in [0.25, 0.3) is 5.91 Å². The molecule has 0 atom stereocenters. The highest BCUT2D eigenvalue weighted by molar-refractivity contribution is 7.13. The van der Waals surface area contributed by atoms with Gasteiger partial charge in [-0.15, -0.1) is 11.3 Å². The number of ether oxygens (including phenoxy) is 3. The van der Waals surface area contributed by atoms with E-state index < -0.39 is 18.5 Å². The van der Waals surface area contributed by atoms with Crippen LogP contribution in [0.4, 0.5) is 5.13 Å². The molecule has 2 aromatic heterocycles.